The van der Waals surface area contributed by atoms with Crippen LogP contribution in [0.3, 0.4) is 0 Å². The standard InChI is InChI=1S/C12H11ClN4O2/c1-8-15-11(13)6-12(16-8)14-7-9-2-4-10(5-3-9)17(18)19/h2-6H,7H2,1H3,(H,14,15,16). The van der Waals surface area contributed by atoms with Gasteiger partial charge in [0.15, 0.2) is 0 Å². The monoisotopic (exact) mass is 278 g/mol. The Hall–Kier alpha value is -2.21. The van der Waals surface area contributed by atoms with Crippen molar-refractivity contribution in [3.63, 3.8) is 0 Å². The number of nitro benzene ring substituents is 1. The first kappa shape index (κ1) is 13.2. The van der Waals surface area contributed by atoms with E-state index in [1.807, 2.05) is 0 Å². The second kappa shape index (κ2) is 5.62. The Labute approximate surface area is 114 Å². The number of nitrogens with one attached hydrogen (secondary N) is 1. The maximum atomic E-state index is 10.5. The van der Waals surface area contributed by atoms with Crippen molar-refractivity contribution < 1.29 is 4.92 Å². The molecule has 7 heteroatoms. The third kappa shape index (κ3) is 3.62. The van der Waals surface area contributed by atoms with Gasteiger partial charge in [0.05, 0.1) is 4.92 Å². The van der Waals surface area contributed by atoms with Crippen molar-refractivity contribution >= 4 is 23.1 Å². The molecule has 0 saturated heterocycles. The molecule has 0 saturated carbocycles. The highest BCUT2D eigenvalue weighted by atomic mass is 35.5. The van der Waals surface area contributed by atoms with Crippen LogP contribution in [0.5, 0.6) is 0 Å². The van der Waals surface area contributed by atoms with Gasteiger partial charge in [0.25, 0.3) is 5.69 Å². The average molecular weight is 279 g/mol. The van der Waals surface area contributed by atoms with Crippen molar-refractivity contribution in [3.05, 3.63) is 57.0 Å². The summed E-state index contributed by atoms with van der Waals surface area (Å²) < 4.78 is 0. The molecule has 2 aromatic rings. The Balaban J connectivity index is 2.03. The van der Waals surface area contributed by atoms with Crippen LogP contribution in [0.25, 0.3) is 0 Å². The minimum Gasteiger partial charge on any atom is -0.366 e. The zero-order chi connectivity index (χ0) is 13.8. The number of halogens is 1. The fraction of sp³-hybridized carbons (Fsp3) is 0.167. The molecule has 0 spiro atoms. The third-order valence-corrected chi connectivity index (χ3v) is 2.62. The van der Waals surface area contributed by atoms with Gasteiger partial charge in [-0.1, -0.05) is 23.7 Å². The summed E-state index contributed by atoms with van der Waals surface area (Å²) in [5.74, 6) is 1.20. The van der Waals surface area contributed by atoms with Crippen molar-refractivity contribution in [2.45, 2.75) is 13.5 Å². The van der Waals surface area contributed by atoms with Crippen LogP contribution in [0.15, 0.2) is 30.3 Å². The fourth-order valence-corrected chi connectivity index (χ4v) is 1.78. The number of aryl methyl sites for hydroxylation is 1. The van der Waals surface area contributed by atoms with Gasteiger partial charge >= 0.3 is 0 Å². The van der Waals surface area contributed by atoms with Gasteiger partial charge < -0.3 is 5.32 Å². The van der Waals surface area contributed by atoms with E-state index in [0.717, 1.165) is 5.56 Å². The Morgan fingerprint density at radius 2 is 2.00 bits per heavy atom. The Morgan fingerprint density at radius 3 is 2.58 bits per heavy atom. The van der Waals surface area contributed by atoms with Gasteiger partial charge in [0.2, 0.25) is 0 Å². The third-order valence-electron chi connectivity index (χ3n) is 2.43. The minimum absolute atomic E-state index is 0.0738. The lowest BCUT2D eigenvalue weighted by Crippen LogP contribution is -2.03. The van der Waals surface area contributed by atoms with E-state index in [1.165, 1.54) is 12.1 Å². The molecule has 1 aromatic heterocycles. The van der Waals surface area contributed by atoms with Crippen LogP contribution in [-0.2, 0) is 6.54 Å². The summed E-state index contributed by atoms with van der Waals surface area (Å²) in [6.07, 6.45) is 0. The summed E-state index contributed by atoms with van der Waals surface area (Å²) in [4.78, 5) is 18.2. The van der Waals surface area contributed by atoms with Gasteiger partial charge in [-0.25, -0.2) is 9.97 Å². The minimum atomic E-state index is -0.426. The lowest BCUT2D eigenvalue weighted by molar-refractivity contribution is -0.384. The van der Waals surface area contributed by atoms with Gasteiger partial charge in [-0.15, -0.1) is 0 Å². The van der Waals surface area contributed by atoms with E-state index in [2.05, 4.69) is 15.3 Å². The van der Waals surface area contributed by atoms with Gasteiger partial charge in [0.1, 0.15) is 16.8 Å². The van der Waals surface area contributed by atoms with Gasteiger partial charge in [-0.05, 0) is 12.5 Å². The van der Waals surface area contributed by atoms with Gasteiger partial charge in [-0.3, -0.25) is 10.1 Å². The van der Waals surface area contributed by atoms with Crippen LogP contribution in [-0.4, -0.2) is 14.9 Å². The van der Waals surface area contributed by atoms with Gasteiger partial charge in [0, 0.05) is 24.7 Å². The van der Waals surface area contributed by atoms with E-state index < -0.39 is 4.92 Å². The molecule has 1 aromatic carbocycles. The number of nitrogens with zero attached hydrogens (tertiary/aromatic N) is 3. The maximum Gasteiger partial charge on any atom is 0.269 e. The molecule has 1 heterocycles. The molecule has 0 atom stereocenters. The number of anilines is 1. The summed E-state index contributed by atoms with van der Waals surface area (Å²) in [6, 6.07) is 7.95. The van der Waals surface area contributed by atoms with Crippen LogP contribution >= 0.6 is 11.6 Å². The molecule has 0 unspecified atom stereocenters. The molecule has 0 aliphatic heterocycles. The summed E-state index contributed by atoms with van der Waals surface area (Å²) in [6.45, 7) is 2.26. The topological polar surface area (TPSA) is 81.0 Å². The van der Waals surface area contributed by atoms with E-state index in [9.17, 15) is 10.1 Å². The molecule has 0 aliphatic rings. The van der Waals surface area contributed by atoms with Crippen LogP contribution < -0.4 is 5.32 Å². The van der Waals surface area contributed by atoms with E-state index >= 15 is 0 Å². The number of hydrogen-bond donors (Lipinski definition) is 1. The predicted molar refractivity (Wildman–Crippen MR) is 72.2 cm³/mol. The first-order chi connectivity index (χ1) is 9.04. The molecule has 0 aliphatic carbocycles. The molecule has 1 N–H and O–H groups in total. The number of nitro groups is 1. The first-order valence-electron chi connectivity index (χ1n) is 5.53. The average Bonchev–Trinajstić information content (AvgIpc) is 2.36. The summed E-state index contributed by atoms with van der Waals surface area (Å²) in [5, 5.41) is 14.0. The molecule has 0 bridgehead atoms. The largest absolute Gasteiger partial charge is 0.366 e. The van der Waals surface area contributed by atoms with Crippen molar-refractivity contribution in [1.82, 2.24) is 9.97 Å². The number of aromatic nitrogens is 2. The fourth-order valence-electron chi connectivity index (χ4n) is 1.55. The van der Waals surface area contributed by atoms with Crippen LogP contribution in [0.1, 0.15) is 11.4 Å². The van der Waals surface area contributed by atoms with Crippen LogP contribution in [0.2, 0.25) is 5.15 Å². The van der Waals surface area contributed by atoms with E-state index in [1.54, 1.807) is 25.1 Å². The van der Waals surface area contributed by atoms with Crippen molar-refractivity contribution in [1.29, 1.82) is 0 Å². The molecule has 2 rings (SSSR count). The van der Waals surface area contributed by atoms with Crippen molar-refractivity contribution in [2.24, 2.45) is 0 Å². The Bertz CT molecular complexity index is 581. The smallest absolute Gasteiger partial charge is 0.269 e. The van der Waals surface area contributed by atoms with E-state index in [-0.39, 0.29) is 5.69 Å². The molecule has 6 nitrogen and oxygen atoms in total. The zero-order valence-electron chi connectivity index (χ0n) is 10.1. The first-order valence-corrected chi connectivity index (χ1v) is 5.91. The number of hydrogen-bond acceptors (Lipinski definition) is 5. The van der Waals surface area contributed by atoms with Crippen molar-refractivity contribution in [3.8, 4) is 0 Å². The quantitative estimate of drug-likeness (QED) is 0.528. The second-order valence-corrected chi connectivity index (χ2v) is 4.29. The van der Waals surface area contributed by atoms with Crippen LogP contribution in [0, 0.1) is 17.0 Å². The van der Waals surface area contributed by atoms with Crippen molar-refractivity contribution in [2.75, 3.05) is 5.32 Å². The molecule has 0 amide bonds. The molecule has 0 radical (unpaired) electrons. The molecular weight excluding hydrogens is 268 g/mol. The summed E-state index contributed by atoms with van der Waals surface area (Å²) in [7, 11) is 0. The second-order valence-electron chi connectivity index (χ2n) is 3.90. The maximum absolute atomic E-state index is 10.5. The molecule has 98 valence electrons. The lowest BCUT2D eigenvalue weighted by atomic mass is 10.2. The highest BCUT2D eigenvalue weighted by Gasteiger charge is 2.04. The highest BCUT2D eigenvalue weighted by molar-refractivity contribution is 6.29. The molecule has 0 fully saturated rings. The SMILES string of the molecule is Cc1nc(Cl)cc(NCc2ccc([N+](=O)[O-])cc2)n1. The zero-order valence-corrected chi connectivity index (χ0v) is 10.9. The summed E-state index contributed by atoms with van der Waals surface area (Å²) in [5.41, 5.74) is 0.989. The Morgan fingerprint density at radius 1 is 1.32 bits per heavy atom. The molecular formula is C12H11ClN4O2. The normalized spacial score (nSPS) is 10.2. The number of benzene rings is 1. The highest BCUT2D eigenvalue weighted by Crippen LogP contribution is 2.15. The van der Waals surface area contributed by atoms with Crippen LogP contribution in [0.4, 0.5) is 11.5 Å². The van der Waals surface area contributed by atoms with Gasteiger partial charge in [-0.2, -0.15) is 0 Å². The Kier molecular flexibility index (Phi) is 3.91. The number of non-ortho nitro benzene ring substituents is 1. The predicted octanol–water partition coefficient (Wildman–Crippen LogP) is 2.96. The number of rotatable bonds is 4. The lowest BCUT2D eigenvalue weighted by Gasteiger charge is -2.06. The van der Waals surface area contributed by atoms with E-state index in [4.69, 9.17) is 11.6 Å². The summed E-state index contributed by atoms with van der Waals surface area (Å²) >= 11 is 5.82. The molecule has 19 heavy (non-hydrogen) atoms. The van der Waals surface area contributed by atoms with E-state index in [0.29, 0.717) is 23.3 Å².